The third-order valence-corrected chi connectivity index (χ3v) is 5.30. The molecule has 0 bridgehead atoms. The Morgan fingerprint density at radius 2 is 1.75 bits per heavy atom. The van der Waals surface area contributed by atoms with E-state index in [1.54, 1.807) is 24.3 Å². The average Bonchev–Trinajstić information content (AvgIpc) is 3.26. The molecule has 0 spiro atoms. The summed E-state index contributed by atoms with van der Waals surface area (Å²) in [6.45, 7) is 2.34. The summed E-state index contributed by atoms with van der Waals surface area (Å²) in [4.78, 5) is 40.0. The zero-order chi connectivity index (χ0) is 22.9. The number of ether oxygens (including phenoxy) is 2. The van der Waals surface area contributed by atoms with Crippen molar-refractivity contribution in [3.63, 3.8) is 0 Å². The second kappa shape index (κ2) is 11.1. The average molecular weight is 454 g/mol. The molecule has 1 aromatic heterocycles. The number of hydrogen-bond acceptors (Lipinski definition) is 7. The van der Waals surface area contributed by atoms with Crippen LogP contribution in [-0.2, 0) is 20.7 Å². The van der Waals surface area contributed by atoms with Crippen LogP contribution in [-0.4, -0.2) is 43.0 Å². The number of nitrogens with one attached hydrogen (secondary N) is 2. The summed E-state index contributed by atoms with van der Waals surface area (Å²) < 4.78 is 9.92. The maximum Gasteiger partial charge on any atom is 0.325 e. The number of esters is 1. The molecule has 9 heteroatoms. The summed E-state index contributed by atoms with van der Waals surface area (Å²) in [6.07, 6.45) is 0.134. The normalized spacial score (nSPS) is 10.3. The van der Waals surface area contributed by atoms with Gasteiger partial charge < -0.3 is 20.1 Å². The van der Waals surface area contributed by atoms with Crippen molar-refractivity contribution in [2.75, 3.05) is 25.6 Å². The molecule has 0 aliphatic heterocycles. The van der Waals surface area contributed by atoms with E-state index < -0.39 is 11.9 Å². The van der Waals surface area contributed by atoms with E-state index in [-0.39, 0.29) is 18.9 Å². The number of carbonyl (C=O) groups is 3. The van der Waals surface area contributed by atoms with Crippen molar-refractivity contribution in [3.05, 3.63) is 65.2 Å². The Kier molecular flexibility index (Phi) is 7.93. The fourth-order valence-electron chi connectivity index (χ4n) is 2.78. The van der Waals surface area contributed by atoms with Crippen molar-refractivity contribution in [2.45, 2.75) is 13.3 Å². The largest absolute Gasteiger partial charge is 0.494 e. The molecule has 3 rings (SSSR count). The van der Waals surface area contributed by atoms with Crippen molar-refractivity contribution >= 4 is 34.8 Å². The lowest BCUT2D eigenvalue weighted by molar-refractivity contribution is -0.139. The summed E-state index contributed by atoms with van der Waals surface area (Å²) in [7, 11) is 1.25. The minimum atomic E-state index is -0.532. The molecule has 0 unspecified atom stereocenters. The van der Waals surface area contributed by atoms with Crippen molar-refractivity contribution in [2.24, 2.45) is 0 Å². The lowest BCUT2D eigenvalue weighted by atomic mass is 10.2. The SMILES string of the molecule is CCOc1ccc(-c2nc(CC(=O)Nc3ccc(C(=O)NCC(=O)OC)cc3)cs2)cc1. The third kappa shape index (κ3) is 6.39. The second-order valence-corrected chi connectivity index (χ2v) is 7.52. The maximum absolute atomic E-state index is 12.4. The molecule has 0 aliphatic carbocycles. The van der Waals surface area contributed by atoms with Crippen molar-refractivity contribution < 1.29 is 23.9 Å². The van der Waals surface area contributed by atoms with Crippen LogP contribution in [0.25, 0.3) is 10.6 Å². The molecular formula is C23H23N3O5S. The summed E-state index contributed by atoms with van der Waals surface area (Å²) in [5.74, 6) is -0.344. The van der Waals surface area contributed by atoms with Crippen LogP contribution in [0.15, 0.2) is 53.9 Å². The van der Waals surface area contributed by atoms with E-state index in [0.29, 0.717) is 23.6 Å². The molecular weight excluding hydrogens is 430 g/mol. The summed E-state index contributed by atoms with van der Waals surface area (Å²) in [5, 5.41) is 7.94. The van der Waals surface area contributed by atoms with Crippen LogP contribution in [0.5, 0.6) is 5.75 Å². The molecule has 2 amide bonds. The van der Waals surface area contributed by atoms with E-state index in [9.17, 15) is 14.4 Å². The Morgan fingerprint density at radius 3 is 2.41 bits per heavy atom. The number of benzene rings is 2. The van der Waals surface area contributed by atoms with Gasteiger partial charge in [-0.3, -0.25) is 14.4 Å². The van der Waals surface area contributed by atoms with Crippen LogP contribution >= 0.6 is 11.3 Å². The van der Waals surface area contributed by atoms with Crippen LogP contribution in [0.4, 0.5) is 5.69 Å². The van der Waals surface area contributed by atoms with Gasteiger partial charge in [0, 0.05) is 22.2 Å². The molecule has 0 radical (unpaired) electrons. The summed E-state index contributed by atoms with van der Waals surface area (Å²) in [6, 6.07) is 14.0. The Labute approximate surface area is 189 Å². The van der Waals surface area contributed by atoms with Crippen molar-refractivity contribution in [3.8, 4) is 16.3 Å². The van der Waals surface area contributed by atoms with Gasteiger partial charge in [0.05, 0.1) is 25.8 Å². The van der Waals surface area contributed by atoms with Crippen LogP contribution in [0.2, 0.25) is 0 Å². The predicted octanol–water partition coefficient (Wildman–Crippen LogP) is 3.29. The highest BCUT2D eigenvalue weighted by Crippen LogP contribution is 2.26. The summed E-state index contributed by atoms with van der Waals surface area (Å²) >= 11 is 1.47. The van der Waals surface area contributed by atoms with Crippen molar-refractivity contribution in [1.82, 2.24) is 10.3 Å². The van der Waals surface area contributed by atoms with Crippen LogP contribution in [0.1, 0.15) is 23.0 Å². The van der Waals surface area contributed by atoms with E-state index in [1.165, 1.54) is 18.4 Å². The Hall–Kier alpha value is -3.72. The van der Waals surface area contributed by atoms with Crippen molar-refractivity contribution in [1.29, 1.82) is 0 Å². The minimum Gasteiger partial charge on any atom is -0.494 e. The third-order valence-electron chi connectivity index (χ3n) is 4.36. The molecule has 0 atom stereocenters. The molecule has 166 valence electrons. The monoisotopic (exact) mass is 453 g/mol. The number of aromatic nitrogens is 1. The first-order valence-corrected chi connectivity index (χ1v) is 10.8. The van der Waals surface area contributed by atoms with E-state index in [0.717, 1.165) is 16.3 Å². The molecule has 0 aliphatic rings. The zero-order valence-corrected chi connectivity index (χ0v) is 18.5. The molecule has 0 saturated carbocycles. The minimum absolute atomic E-state index is 0.134. The lowest BCUT2D eigenvalue weighted by Crippen LogP contribution is -2.30. The van der Waals surface area contributed by atoms with Gasteiger partial charge in [-0.25, -0.2) is 4.98 Å². The highest BCUT2D eigenvalue weighted by Gasteiger charge is 2.11. The molecule has 1 heterocycles. The van der Waals surface area contributed by atoms with Gasteiger partial charge in [-0.2, -0.15) is 0 Å². The lowest BCUT2D eigenvalue weighted by Gasteiger charge is -2.07. The first kappa shape index (κ1) is 23.0. The van der Waals surface area contributed by atoms with Gasteiger partial charge >= 0.3 is 5.97 Å². The van der Waals surface area contributed by atoms with Gasteiger partial charge in [-0.05, 0) is 55.5 Å². The van der Waals surface area contributed by atoms with Crippen LogP contribution in [0.3, 0.4) is 0 Å². The van der Waals surface area contributed by atoms with Gasteiger partial charge in [-0.15, -0.1) is 11.3 Å². The van der Waals surface area contributed by atoms with Gasteiger partial charge in [0.2, 0.25) is 5.91 Å². The quantitative estimate of drug-likeness (QED) is 0.482. The van der Waals surface area contributed by atoms with E-state index in [2.05, 4.69) is 20.4 Å². The fourth-order valence-corrected chi connectivity index (χ4v) is 3.61. The number of amides is 2. The van der Waals surface area contributed by atoms with Crippen LogP contribution in [0, 0.1) is 0 Å². The number of nitrogens with zero attached hydrogens (tertiary/aromatic N) is 1. The second-order valence-electron chi connectivity index (χ2n) is 6.66. The molecule has 2 N–H and O–H groups in total. The van der Waals surface area contributed by atoms with Gasteiger partial charge in [-0.1, -0.05) is 0 Å². The highest BCUT2D eigenvalue weighted by molar-refractivity contribution is 7.13. The molecule has 0 fully saturated rings. The first-order valence-electron chi connectivity index (χ1n) is 9.91. The van der Waals surface area contributed by atoms with Gasteiger partial charge in [0.1, 0.15) is 17.3 Å². The number of thiazole rings is 1. The molecule has 8 nitrogen and oxygen atoms in total. The van der Waals surface area contributed by atoms with E-state index >= 15 is 0 Å². The number of rotatable bonds is 9. The van der Waals surface area contributed by atoms with Gasteiger partial charge in [0.25, 0.3) is 5.91 Å². The molecule has 3 aromatic rings. The Balaban J connectivity index is 1.53. The maximum atomic E-state index is 12.4. The smallest absolute Gasteiger partial charge is 0.325 e. The highest BCUT2D eigenvalue weighted by atomic mass is 32.1. The molecule has 0 saturated heterocycles. The molecule has 32 heavy (non-hydrogen) atoms. The standard InChI is InChI=1S/C23H23N3O5S/c1-3-31-19-10-6-16(7-11-19)23-26-18(14-32-23)12-20(27)25-17-8-4-15(5-9-17)22(29)24-13-21(28)30-2/h4-11,14H,3,12-13H2,1-2H3,(H,24,29)(H,25,27). The Morgan fingerprint density at radius 1 is 1.03 bits per heavy atom. The fraction of sp³-hybridized carbons (Fsp3) is 0.217. The summed E-state index contributed by atoms with van der Waals surface area (Å²) in [5.41, 5.74) is 2.56. The topological polar surface area (TPSA) is 107 Å². The number of anilines is 1. The number of methoxy groups -OCH3 is 1. The number of carbonyl (C=O) groups excluding carboxylic acids is 3. The van der Waals surface area contributed by atoms with E-state index in [1.807, 2.05) is 36.6 Å². The predicted molar refractivity (Wildman–Crippen MR) is 122 cm³/mol. The number of hydrogen-bond donors (Lipinski definition) is 2. The van der Waals surface area contributed by atoms with Crippen LogP contribution < -0.4 is 15.4 Å². The van der Waals surface area contributed by atoms with E-state index in [4.69, 9.17) is 4.74 Å². The molecule has 2 aromatic carbocycles. The Bertz CT molecular complexity index is 1080. The first-order chi connectivity index (χ1) is 15.5. The van der Waals surface area contributed by atoms with Gasteiger partial charge in [0.15, 0.2) is 0 Å². The zero-order valence-electron chi connectivity index (χ0n) is 17.7.